The van der Waals surface area contributed by atoms with Gasteiger partial charge in [-0.1, -0.05) is 23.7 Å². The second-order valence-corrected chi connectivity index (χ2v) is 17.7. The molecule has 284 valence electrons. The summed E-state index contributed by atoms with van der Waals surface area (Å²) < 4.78 is 18.7. The molecule has 0 bridgehead atoms. The lowest BCUT2D eigenvalue weighted by Crippen LogP contribution is -2.53. The molecule has 15 nitrogen and oxygen atoms in total. The quantitative estimate of drug-likeness (QED) is 0.177. The molecule has 7 rings (SSSR count). The van der Waals surface area contributed by atoms with Crippen molar-refractivity contribution < 1.29 is 18.9 Å². The number of piperidine rings is 1. The van der Waals surface area contributed by atoms with Gasteiger partial charge >= 0.3 is 6.03 Å². The predicted molar refractivity (Wildman–Crippen MR) is 212 cm³/mol. The van der Waals surface area contributed by atoms with Crippen LogP contribution in [0.25, 0.3) is 0 Å². The fourth-order valence-corrected chi connectivity index (χ4v) is 8.47. The number of amides is 3. The zero-order chi connectivity index (χ0) is 37.8. The molecular weight excluding hydrogens is 729 g/mol. The second-order valence-electron chi connectivity index (χ2n) is 14.1. The highest BCUT2D eigenvalue weighted by atomic mass is 35.5. The summed E-state index contributed by atoms with van der Waals surface area (Å²) in [6, 6.07) is 17.3. The molecule has 3 N–H and O–H groups in total. The monoisotopic (exact) mass is 773 g/mol. The van der Waals surface area contributed by atoms with Crippen molar-refractivity contribution in [1.82, 2.24) is 35.3 Å². The summed E-state index contributed by atoms with van der Waals surface area (Å²) in [5, 5.41) is 18.5. The fourth-order valence-electron chi connectivity index (χ4n) is 7.17. The van der Waals surface area contributed by atoms with Crippen molar-refractivity contribution in [1.29, 1.82) is 0 Å². The van der Waals surface area contributed by atoms with E-state index in [2.05, 4.69) is 56.9 Å². The molecule has 0 unspecified atom stereocenters. The Balaban J connectivity index is 0.902. The average Bonchev–Trinajstić information content (AvgIpc) is 3.17. The first kappa shape index (κ1) is 37.5. The summed E-state index contributed by atoms with van der Waals surface area (Å²) >= 11 is 6.47. The van der Waals surface area contributed by atoms with Crippen LogP contribution >= 0.6 is 18.7 Å². The van der Waals surface area contributed by atoms with Crippen LogP contribution in [-0.2, 0) is 15.9 Å². The number of halogens is 1. The fraction of sp³-hybridized carbons (Fsp3) is 0.405. The number of aromatic nitrogens is 4. The Morgan fingerprint density at radius 2 is 1.70 bits per heavy atom. The van der Waals surface area contributed by atoms with Crippen LogP contribution < -0.4 is 35.8 Å². The first-order valence-corrected chi connectivity index (χ1v) is 21.1. The third-order valence-electron chi connectivity index (χ3n) is 10.1. The Kier molecular flexibility index (Phi) is 11.3. The highest BCUT2D eigenvalue weighted by molar-refractivity contribution is 7.70. The first-order chi connectivity index (χ1) is 26.0. The van der Waals surface area contributed by atoms with E-state index < -0.39 is 13.2 Å². The third kappa shape index (κ3) is 8.76. The lowest BCUT2D eigenvalue weighted by Gasteiger charge is -2.43. The number of benzene rings is 2. The smallest absolute Gasteiger partial charge is 0.329 e. The van der Waals surface area contributed by atoms with E-state index >= 15 is 0 Å². The Bertz CT molecular complexity index is 2030. The molecule has 3 saturated heterocycles. The SMILES string of the molecule is COc1cc(N2CCN(C3CCN(Cc4ccc(N5CCC(=O)NC5=O)nn4)CC3)CC2)ccc1Nc1ncc(Cl)c(Nc2ccccc2P(C)(C)=O)n1. The number of ether oxygens (including phenoxy) is 1. The summed E-state index contributed by atoms with van der Waals surface area (Å²) in [6.45, 7) is 10.3. The van der Waals surface area contributed by atoms with Crippen molar-refractivity contribution in [3.05, 3.63) is 71.5 Å². The number of urea groups is 1. The van der Waals surface area contributed by atoms with E-state index in [0.717, 1.165) is 74.5 Å². The molecule has 54 heavy (non-hydrogen) atoms. The van der Waals surface area contributed by atoms with Crippen LogP contribution in [0.5, 0.6) is 5.75 Å². The van der Waals surface area contributed by atoms with Crippen molar-refractivity contribution >= 4 is 70.6 Å². The molecule has 3 aliphatic heterocycles. The van der Waals surface area contributed by atoms with E-state index in [-0.39, 0.29) is 12.3 Å². The van der Waals surface area contributed by atoms with Gasteiger partial charge < -0.3 is 24.8 Å². The van der Waals surface area contributed by atoms with Gasteiger partial charge in [-0.15, -0.1) is 5.10 Å². The number of piperazine rings is 1. The van der Waals surface area contributed by atoms with Crippen molar-refractivity contribution in [3.63, 3.8) is 0 Å². The van der Waals surface area contributed by atoms with Gasteiger partial charge in [0.05, 0.1) is 30.4 Å². The Labute approximate surface area is 319 Å². The van der Waals surface area contributed by atoms with Crippen LogP contribution in [0.3, 0.4) is 0 Å². The van der Waals surface area contributed by atoms with Gasteiger partial charge in [0.2, 0.25) is 11.9 Å². The highest BCUT2D eigenvalue weighted by Gasteiger charge is 2.29. The summed E-state index contributed by atoms with van der Waals surface area (Å²) in [4.78, 5) is 41.4. The number of para-hydroxylation sites is 1. The van der Waals surface area contributed by atoms with Gasteiger partial charge in [0.1, 0.15) is 17.9 Å². The maximum atomic E-state index is 12.9. The molecule has 0 aliphatic carbocycles. The Hall–Kier alpha value is -4.82. The molecule has 2 aromatic carbocycles. The first-order valence-electron chi connectivity index (χ1n) is 18.1. The van der Waals surface area contributed by atoms with E-state index in [1.54, 1.807) is 26.5 Å². The molecule has 0 spiro atoms. The zero-order valence-corrected chi connectivity index (χ0v) is 32.3. The molecule has 4 aromatic rings. The van der Waals surface area contributed by atoms with Crippen LogP contribution in [0.15, 0.2) is 60.8 Å². The van der Waals surface area contributed by atoms with Gasteiger partial charge in [0.25, 0.3) is 0 Å². The number of likely N-dealkylation sites (tertiary alicyclic amines) is 1. The molecule has 2 aromatic heterocycles. The average molecular weight is 774 g/mol. The van der Waals surface area contributed by atoms with Crippen LogP contribution in [0.4, 0.5) is 39.4 Å². The van der Waals surface area contributed by atoms with E-state index in [1.807, 2.05) is 42.5 Å². The van der Waals surface area contributed by atoms with E-state index in [9.17, 15) is 14.2 Å². The number of nitrogens with zero attached hydrogens (tertiary/aromatic N) is 8. The molecule has 0 radical (unpaired) electrons. The van der Waals surface area contributed by atoms with Gasteiger partial charge in [-0.2, -0.15) is 10.1 Å². The van der Waals surface area contributed by atoms with Crippen molar-refractivity contribution in [2.75, 3.05) is 86.7 Å². The number of hydrogen-bond acceptors (Lipinski definition) is 13. The number of carbonyl (C=O) groups is 2. The van der Waals surface area contributed by atoms with E-state index in [1.165, 1.54) is 11.1 Å². The summed E-state index contributed by atoms with van der Waals surface area (Å²) in [5.41, 5.74) is 3.36. The normalized spacial score (nSPS) is 17.7. The van der Waals surface area contributed by atoms with Gasteiger partial charge in [0.15, 0.2) is 11.6 Å². The molecule has 3 amide bonds. The summed E-state index contributed by atoms with van der Waals surface area (Å²) in [6.07, 6.45) is 3.97. The van der Waals surface area contributed by atoms with Gasteiger partial charge in [-0.25, -0.2) is 9.78 Å². The van der Waals surface area contributed by atoms with E-state index in [0.29, 0.717) is 53.2 Å². The van der Waals surface area contributed by atoms with Crippen LogP contribution in [0.2, 0.25) is 5.02 Å². The number of imide groups is 1. The topological polar surface area (TPSA) is 161 Å². The largest absolute Gasteiger partial charge is 0.494 e. The van der Waals surface area contributed by atoms with E-state index in [4.69, 9.17) is 16.3 Å². The highest BCUT2D eigenvalue weighted by Crippen LogP contribution is 2.39. The molecule has 3 aliphatic rings. The number of carbonyl (C=O) groups excluding carboxylic acids is 2. The third-order valence-corrected chi connectivity index (χ3v) is 11.9. The molecule has 0 saturated carbocycles. The molecule has 17 heteroatoms. The molecule has 5 heterocycles. The van der Waals surface area contributed by atoms with Crippen LogP contribution in [0, 0.1) is 0 Å². The molecule has 3 fully saturated rings. The minimum atomic E-state index is -2.54. The number of hydrogen-bond donors (Lipinski definition) is 3. The lowest BCUT2D eigenvalue weighted by atomic mass is 10.0. The summed E-state index contributed by atoms with van der Waals surface area (Å²) in [7, 11) is -0.893. The lowest BCUT2D eigenvalue weighted by molar-refractivity contribution is -0.120. The van der Waals surface area contributed by atoms with Gasteiger partial charge in [-0.05, 0) is 62.6 Å². The van der Waals surface area contributed by atoms with Crippen molar-refractivity contribution in [3.8, 4) is 5.75 Å². The van der Waals surface area contributed by atoms with Crippen LogP contribution in [-0.4, -0.2) is 114 Å². The van der Waals surface area contributed by atoms with Crippen molar-refractivity contribution in [2.45, 2.75) is 31.8 Å². The zero-order valence-electron chi connectivity index (χ0n) is 30.7. The maximum Gasteiger partial charge on any atom is 0.329 e. The minimum Gasteiger partial charge on any atom is -0.494 e. The number of nitrogens with one attached hydrogen (secondary N) is 3. The minimum absolute atomic E-state index is 0.254. The number of rotatable bonds is 11. The molecule has 0 atom stereocenters. The number of methoxy groups -OCH3 is 1. The second kappa shape index (κ2) is 16.3. The molecular formula is C37H45ClN11O4P. The van der Waals surface area contributed by atoms with Gasteiger partial charge in [0, 0.05) is 81.9 Å². The van der Waals surface area contributed by atoms with Crippen LogP contribution in [0.1, 0.15) is 25.0 Å². The van der Waals surface area contributed by atoms with Gasteiger partial charge in [-0.3, -0.25) is 24.8 Å². The Morgan fingerprint density at radius 3 is 2.41 bits per heavy atom. The maximum absolute atomic E-state index is 12.9. The summed E-state index contributed by atoms with van der Waals surface area (Å²) in [5.74, 6) is 1.60. The van der Waals surface area contributed by atoms with Crippen molar-refractivity contribution in [2.24, 2.45) is 0 Å². The predicted octanol–water partition coefficient (Wildman–Crippen LogP) is 4.90. The Morgan fingerprint density at radius 1 is 0.926 bits per heavy atom. The standard InChI is InChI=1S/C37H45ClN11O4P/c1-53-31-22-27(9-10-29(31)41-36-39-23-28(38)35(43-36)40-30-6-4-5-7-32(30)54(2,3)52)48-20-18-47(19-21-48)26-12-15-46(16-13-26)24-25-8-11-33(45-44-25)49-17-14-34(50)42-37(49)51/h4-11,22-23,26H,12-21,24H2,1-3H3,(H,42,50,51)(H2,39,40,41,43). The number of anilines is 6.